The fraction of sp³-hybridized carbons (Fsp3) is 0.409. The molecule has 1 amide bonds. The quantitative estimate of drug-likeness (QED) is 0.733. The normalized spacial score (nSPS) is 16.5. The predicted molar refractivity (Wildman–Crippen MR) is 106 cm³/mol. The van der Waals surface area contributed by atoms with Crippen LogP contribution in [-0.2, 0) is 9.53 Å². The van der Waals surface area contributed by atoms with Crippen molar-refractivity contribution in [3.8, 4) is 0 Å². The van der Waals surface area contributed by atoms with Gasteiger partial charge in [0, 0.05) is 44.2 Å². The topological polar surface area (TPSA) is 29.5 Å². The number of hydrogen-bond donors (Lipinski definition) is 0. The smallest absolute Gasteiger partial charge is 0.223 e. The van der Waals surface area contributed by atoms with Crippen LogP contribution in [0.2, 0.25) is 5.02 Å². The number of carbonyl (C=O) groups excluding carboxylic acids is 1. The summed E-state index contributed by atoms with van der Waals surface area (Å²) in [6.07, 6.45) is 2.51. The van der Waals surface area contributed by atoms with E-state index in [1.165, 1.54) is 0 Å². The monoisotopic (exact) mass is 371 g/mol. The maximum absolute atomic E-state index is 13.0. The van der Waals surface area contributed by atoms with Gasteiger partial charge in [0.1, 0.15) is 0 Å². The van der Waals surface area contributed by atoms with Crippen LogP contribution in [0.15, 0.2) is 54.6 Å². The highest BCUT2D eigenvalue weighted by Gasteiger charge is 2.26. The Morgan fingerprint density at radius 1 is 1.12 bits per heavy atom. The highest BCUT2D eigenvalue weighted by atomic mass is 35.5. The second-order valence-electron chi connectivity index (χ2n) is 7.00. The van der Waals surface area contributed by atoms with Crippen LogP contribution >= 0.6 is 11.6 Å². The van der Waals surface area contributed by atoms with Gasteiger partial charge in [-0.15, -0.1) is 0 Å². The first-order valence-corrected chi connectivity index (χ1v) is 9.62. The Morgan fingerprint density at radius 2 is 1.81 bits per heavy atom. The third-order valence-corrected chi connectivity index (χ3v) is 5.44. The van der Waals surface area contributed by atoms with Crippen LogP contribution in [0.3, 0.4) is 0 Å². The molecule has 1 saturated heterocycles. The van der Waals surface area contributed by atoms with Gasteiger partial charge >= 0.3 is 0 Å². The lowest BCUT2D eigenvalue weighted by Crippen LogP contribution is -2.39. The van der Waals surface area contributed by atoms with Crippen molar-refractivity contribution in [1.82, 2.24) is 4.90 Å². The summed E-state index contributed by atoms with van der Waals surface area (Å²) in [6.45, 7) is 2.44. The molecule has 1 heterocycles. The van der Waals surface area contributed by atoms with Crippen LogP contribution in [0.4, 0.5) is 0 Å². The lowest BCUT2D eigenvalue weighted by atomic mass is 9.87. The Bertz CT molecular complexity index is 711. The van der Waals surface area contributed by atoms with E-state index in [9.17, 15) is 4.79 Å². The standard InChI is InChI=1S/C22H26ClNO2/c1-26-16-17-10-12-24(13-11-17)22(25)15-21(18-6-3-2-4-7-18)19-8-5-9-20(23)14-19/h2-9,14,17,21H,10-13,15-16H2,1H3/t21-/m0/s1. The number of ether oxygens (including phenoxy) is 1. The first kappa shape index (κ1) is 18.9. The Morgan fingerprint density at radius 3 is 2.46 bits per heavy atom. The average Bonchev–Trinajstić information content (AvgIpc) is 2.67. The van der Waals surface area contributed by atoms with Crippen molar-refractivity contribution < 1.29 is 9.53 Å². The van der Waals surface area contributed by atoms with Crippen molar-refractivity contribution in [2.24, 2.45) is 5.92 Å². The highest BCUT2D eigenvalue weighted by molar-refractivity contribution is 6.30. The summed E-state index contributed by atoms with van der Waals surface area (Å²) in [6, 6.07) is 18.1. The molecular weight excluding hydrogens is 346 g/mol. The Kier molecular flexibility index (Phi) is 6.70. The van der Waals surface area contributed by atoms with Crippen molar-refractivity contribution in [2.75, 3.05) is 26.8 Å². The number of nitrogens with zero attached hydrogens (tertiary/aromatic N) is 1. The van der Waals surface area contributed by atoms with Crippen LogP contribution in [0, 0.1) is 5.92 Å². The lowest BCUT2D eigenvalue weighted by molar-refractivity contribution is -0.133. The van der Waals surface area contributed by atoms with Crippen molar-refractivity contribution in [2.45, 2.75) is 25.2 Å². The Labute approximate surface area is 160 Å². The molecule has 1 atom stereocenters. The molecule has 2 aromatic rings. The zero-order valence-corrected chi connectivity index (χ0v) is 16.0. The minimum absolute atomic E-state index is 0.0269. The zero-order valence-electron chi connectivity index (χ0n) is 15.2. The van der Waals surface area contributed by atoms with Gasteiger partial charge in [0.15, 0.2) is 0 Å². The minimum Gasteiger partial charge on any atom is -0.384 e. The molecule has 3 rings (SSSR count). The molecule has 26 heavy (non-hydrogen) atoms. The molecule has 1 aliphatic heterocycles. The van der Waals surface area contributed by atoms with E-state index in [0.717, 1.165) is 43.7 Å². The first-order valence-electron chi connectivity index (χ1n) is 9.24. The van der Waals surface area contributed by atoms with Crippen LogP contribution in [0.1, 0.15) is 36.3 Å². The van der Waals surface area contributed by atoms with E-state index >= 15 is 0 Å². The van der Waals surface area contributed by atoms with Crippen LogP contribution in [0.5, 0.6) is 0 Å². The predicted octanol–water partition coefficient (Wildman–Crippen LogP) is 4.75. The molecule has 2 aromatic carbocycles. The fourth-order valence-corrected chi connectivity index (χ4v) is 3.92. The van der Waals surface area contributed by atoms with Crippen LogP contribution in [-0.4, -0.2) is 37.6 Å². The molecule has 0 radical (unpaired) electrons. The summed E-state index contributed by atoms with van der Waals surface area (Å²) < 4.78 is 5.25. The third kappa shape index (κ3) is 4.87. The molecule has 1 aliphatic rings. The number of rotatable bonds is 6. The summed E-state index contributed by atoms with van der Waals surface area (Å²) >= 11 is 6.20. The second kappa shape index (κ2) is 9.20. The zero-order chi connectivity index (χ0) is 18.4. The maximum atomic E-state index is 13.0. The molecule has 1 fully saturated rings. The molecule has 0 unspecified atom stereocenters. The molecule has 0 spiro atoms. The molecule has 0 saturated carbocycles. The fourth-order valence-electron chi connectivity index (χ4n) is 3.73. The van der Waals surface area contributed by atoms with Crippen LogP contribution < -0.4 is 0 Å². The number of hydrogen-bond acceptors (Lipinski definition) is 2. The third-order valence-electron chi connectivity index (χ3n) is 5.20. The minimum atomic E-state index is 0.0269. The highest BCUT2D eigenvalue weighted by Crippen LogP contribution is 2.31. The molecule has 0 aromatic heterocycles. The summed E-state index contributed by atoms with van der Waals surface area (Å²) in [5.74, 6) is 0.815. The van der Waals surface area contributed by atoms with E-state index in [2.05, 4.69) is 18.2 Å². The van der Waals surface area contributed by atoms with Crippen LogP contribution in [0.25, 0.3) is 0 Å². The number of likely N-dealkylation sites (tertiary alicyclic amines) is 1. The van der Waals surface area contributed by atoms with E-state index in [0.29, 0.717) is 17.4 Å². The maximum Gasteiger partial charge on any atom is 0.223 e. The molecular formula is C22H26ClNO2. The van der Waals surface area contributed by atoms with Gasteiger partial charge in [-0.1, -0.05) is 54.1 Å². The van der Waals surface area contributed by atoms with E-state index in [-0.39, 0.29) is 11.8 Å². The van der Waals surface area contributed by atoms with E-state index in [1.54, 1.807) is 7.11 Å². The van der Waals surface area contributed by atoms with Crippen molar-refractivity contribution >= 4 is 17.5 Å². The summed E-state index contributed by atoms with van der Waals surface area (Å²) in [5, 5.41) is 0.705. The molecule has 3 nitrogen and oxygen atoms in total. The van der Waals surface area contributed by atoms with Crippen molar-refractivity contribution in [3.63, 3.8) is 0 Å². The number of amides is 1. The Hall–Kier alpha value is -1.84. The molecule has 0 N–H and O–H groups in total. The van der Waals surface area contributed by atoms with Gasteiger partial charge in [-0.05, 0) is 42.0 Å². The largest absolute Gasteiger partial charge is 0.384 e. The molecule has 4 heteroatoms. The van der Waals surface area contributed by atoms with Gasteiger partial charge in [-0.25, -0.2) is 0 Å². The van der Waals surface area contributed by atoms with Gasteiger partial charge in [0.05, 0.1) is 0 Å². The molecule has 0 bridgehead atoms. The van der Waals surface area contributed by atoms with Gasteiger partial charge in [-0.2, -0.15) is 0 Å². The Balaban J connectivity index is 1.73. The molecule has 138 valence electrons. The first-order chi connectivity index (χ1) is 12.7. The van der Waals surface area contributed by atoms with Gasteiger partial charge < -0.3 is 9.64 Å². The van der Waals surface area contributed by atoms with Gasteiger partial charge in [0.2, 0.25) is 5.91 Å². The number of methoxy groups -OCH3 is 1. The second-order valence-corrected chi connectivity index (χ2v) is 7.44. The number of halogens is 1. The van der Waals surface area contributed by atoms with Crippen molar-refractivity contribution in [3.05, 3.63) is 70.7 Å². The number of benzene rings is 2. The van der Waals surface area contributed by atoms with E-state index in [4.69, 9.17) is 16.3 Å². The number of piperidine rings is 1. The summed E-state index contributed by atoms with van der Waals surface area (Å²) in [4.78, 5) is 15.0. The average molecular weight is 372 g/mol. The summed E-state index contributed by atoms with van der Waals surface area (Å²) in [5.41, 5.74) is 2.24. The molecule has 0 aliphatic carbocycles. The van der Waals surface area contributed by atoms with Gasteiger partial charge in [0.25, 0.3) is 0 Å². The SMILES string of the molecule is COCC1CCN(C(=O)C[C@@H](c2ccccc2)c2cccc(Cl)c2)CC1. The van der Waals surface area contributed by atoms with Gasteiger partial charge in [-0.3, -0.25) is 4.79 Å². The lowest BCUT2D eigenvalue weighted by Gasteiger charge is -2.33. The van der Waals surface area contributed by atoms with E-state index in [1.807, 2.05) is 41.3 Å². The number of carbonyl (C=O) groups is 1. The summed E-state index contributed by atoms with van der Waals surface area (Å²) in [7, 11) is 1.74. The van der Waals surface area contributed by atoms with E-state index < -0.39 is 0 Å². The van der Waals surface area contributed by atoms with Crippen molar-refractivity contribution in [1.29, 1.82) is 0 Å².